The molecule has 0 amide bonds. The summed E-state index contributed by atoms with van der Waals surface area (Å²) in [6.07, 6.45) is 0.190. The summed E-state index contributed by atoms with van der Waals surface area (Å²) in [5.41, 5.74) is 7.04. The molecule has 1 aliphatic rings. The molecule has 4 heteroatoms. The molecule has 1 aliphatic heterocycles. The van der Waals surface area contributed by atoms with Gasteiger partial charge < -0.3 is 10.5 Å². The van der Waals surface area contributed by atoms with E-state index in [1.807, 2.05) is 0 Å². The highest BCUT2D eigenvalue weighted by atomic mass is 127. The van der Waals surface area contributed by atoms with Gasteiger partial charge in [0.1, 0.15) is 0 Å². The van der Waals surface area contributed by atoms with Crippen LogP contribution >= 0.6 is 22.6 Å². The van der Waals surface area contributed by atoms with Gasteiger partial charge in [-0.15, -0.1) is 0 Å². The van der Waals surface area contributed by atoms with Crippen LogP contribution in [0.5, 0.6) is 0 Å². The molecule has 0 radical (unpaired) electrons. The highest BCUT2D eigenvalue weighted by molar-refractivity contribution is 14.1. The zero-order valence-electron chi connectivity index (χ0n) is 10.1. The van der Waals surface area contributed by atoms with E-state index in [1.165, 1.54) is 9.13 Å². The maximum atomic E-state index is 5.67. The molecule has 1 heterocycles. The molecule has 2 atom stereocenters. The smallest absolute Gasteiger partial charge is 0.0824 e. The van der Waals surface area contributed by atoms with Crippen LogP contribution in [0.1, 0.15) is 18.5 Å². The number of ether oxygens (including phenoxy) is 1. The molecule has 0 spiro atoms. The predicted molar refractivity (Wildman–Crippen MR) is 77.9 cm³/mol. The number of rotatable bonds is 3. The Kier molecular flexibility index (Phi) is 4.78. The van der Waals surface area contributed by atoms with Crippen molar-refractivity contribution in [3.63, 3.8) is 0 Å². The summed E-state index contributed by atoms with van der Waals surface area (Å²) in [5.74, 6) is 0. The Morgan fingerprint density at radius 3 is 2.82 bits per heavy atom. The van der Waals surface area contributed by atoms with Crippen LogP contribution in [0.2, 0.25) is 0 Å². The summed E-state index contributed by atoms with van der Waals surface area (Å²) in [5, 5.41) is 0. The van der Waals surface area contributed by atoms with Crippen LogP contribution < -0.4 is 5.73 Å². The van der Waals surface area contributed by atoms with E-state index < -0.39 is 0 Å². The molecule has 0 bridgehead atoms. The van der Waals surface area contributed by atoms with Crippen LogP contribution in [0.4, 0.5) is 0 Å². The van der Waals surface area contributed by atoms with Crippen LogP contribution in [0.25, 0.3) is 0 Å². The van der Waals surface area contributed by atoms with Crippen molar-refractivity contribution >= 4 is 22.6 Å². The first kappa shape index (κ1) is 13.3. The topological polar surface area (TPSA) is 38.5 Å². The highest BCUT2D eigenvalue weighted by Gasteiger charge is 2.23. The second-order valence-corrected chi connectivity index (χ2v) is 5.70. The molecule has 94 valence electrons. The van der Waals surface area contributed by atoms with E-state index in [2.05, 4.69) is 58.7 Å². The second kappa shape index (κ2) is 6.13. The molecule has 1 saturated heterocycles. The lowest BCUT2D eigenvalue weighted by Crippen LogP contribution is -2.46. The lowest BCUT2D eigenvalue weighted by Gasteiger charge is -2.36. The van der Waals surface area contributed by atoms with Crippen molar-refractivity contribution in [2.75, 3.05) is 26.2 Å². The van der Waals surface area contributed by atoms with Crippen molar-refractivity contribution < 1.29 is 4.74 Å². The van der Waals surface area contributed by atoms with E-state index in [0.717, 1.165) is 19.7 Å². The molecule has 2 rings (SSSR count). The molecule has 17 heavy (non-hydrogen) atoms. The van der Waals surface area contributed by atoms with Crippen molar-refractivity contribution in [1.29, 1.82) is 0 Å². The van der Waals surface area contributed by atoms with E-state index in [-0.39, 0.29) is 6.10 Å². The van der Waals surface area contributed by atoms with Crippen molar-refractivity contribution in [1.82, 2.24) is 4.90 Å². The van der Waals surface area contributed by atoms with Gasteiger partial charge in [0.15, 0.2) is 0 Å². The van der Waals surface area contributed by atoms with Gasteiger partial charge in [0, 0.05) is 29.2 Å². The van der Waals surface area contributed by atoms with Crippen molar-refractivity contribution in [2.24, 2.45) is 5.73 Å². The Morgan fingerprint density at radius 1 is 1.47 bits per heavy atom. The Hall–Kier alpha value is -0.170. The Balaban J connectivity index is 2.03. The van der Waals surface area contributed by atoms with Crippen LogP contribution in [-0.2, 0) is 4.74 Å². The lowest BCUT2D eigenvalue weighted by atomic mass is 10.1. The van der Waals surface area contributed by atoms with Gasteiger partial charge in [-0.3, -0.25) is 4.90 Å². The zero-order valence-corrected chi connectivity index (χ0v) is 12.3. The first-order valence-electron chi connectivity index (χ1n) is 6.02. The fourth-order valence-corrected chi connectivity index (χ4v) is 2.55. The van der Waals surface area contributed by atoms with Gasteiger partial charge in [-0.2, -0.15) is 0 Å². The van der Waals surface area contributed by atoms with Crippen molar-refractivity contribution in [3.8, 4) is 0 Å². The first-order chi connectivity index (χ1) is 8.20. The minimum Gasteiger partial charge on any atom is -0.374 e. The van der Waals surface area contributed by atoms with Gasteiger partial charge in [-0.05, 0) is 47.2 Å². The van der Waals surface area contributed by atoms with E-state index in [4.69, 9.17) is 10.5 Å². The van der Waals surface area contributed by atoms with Gasteiger partial charge in [-0.1, -0.05) is 12.1 Å². The highest BCUT2D eigenvalue weighted by Crippen LogP contribution is 2.23. The first-order valence-corrected chi connectivity index (χ1v) is 7.09. The molecular formula is C13H19IN2O. The molecule has 3 nitrogen and oxygen atoms in total. The van der Waals surface area contributed by atoms with Crippen molar-refractivity contribution in [2.45, 2.75) is 19.1 Å². The van der Waals surface area contributed by atoms with E-state index in [1.54, 1.807) is 0 Å². The number of halogens is 1. The quantitative estimate of drug-likeness (QED) is 0.851. The minimum atomic E-state index is 0.190. The number of morpholine rings is 1. The number of nitrogens with zero attached hydrogens (tertiary/aromatic N) is 1. The number of nitrogens with two attached hydrogens (primary N) is 1. The fraction of sp³-hybridized carbons (Fsp3) is 0.538. The monoisotopic (exact) mass is 346 g/mol. The molecule has 1 aromatic carbocycles. The zero-order chi connectivity index (χ0) is 12.3. The number of hydrogen-bond acceptors (Lipinski definition) is 3. The maximum Gasteiger partial charge on any atom is 0.0824 e. The molecule has 1 fully saturated rings. The summed E-state index contributed by atoms with van der Waals surface area (Å²) in [6.45, 7) is 5.57. The van der Waals surface area contributed by atoms with Crippen molar-refractivity contribution in [3.05, 3.63) is 33.4 Å². The third-order valence-electron chi connectivity index (χ3n) is 3.33. The van der Waals surface area contributed by atoms with Gasteiger partial charge in [0.25, 0.3) is 0 Å². The van der Waals surface area contributed by atoms with Crippen LogP contribution in [-0.4, -0.2) is 37.2 Å². The molecule has 2 unspecified atom stereocenters. The normalized spacial score (nSPS) is 23.6. The van der Waals surface area contributed by atoms with Crippen LogP contribution in [0.3, 0.4) is 0 Å². The Labute approximate surface area is 116 Å². The van der Waals surface area contributed by atoms with Crippen LogP contribution in [0, 0.1) is 3.57 Å². The van der Waals surface area contributed by atoms with Gasteiger partial charge in [0.2, 0.25) is 0 Å². The van der Waals surface area contributed by atoms with E-state index in [9.17, 15) is 0 Å². The van der Waals surface area contributed by atoms with Gasteiger partial charge in [-0.25, -0.2) is 0 Å². The standard InChI is InChI=1S/C13H19IN2O/c1-10(11-2-4-12(14)5-3-11)16-6-7-17-13(8-15)9-16/h2-5,10,13H,6-9,15H2,1H3. The van der Waals surface area contributed by atoms with E-state index in [0.29, 0.717) is 12.6 Å². The number of hydrogen-bond donors (Lipinski definition) is 1. The molecule has 0 saturated carbocycles. The Bertz CT molecular complexity index is 355. The number of benzene rings is 1. The van der Waals surface area contributed by atoms with E-state index >= 15 is 0 Å². The molecule has 0 aliphatic carbocycles. The SMILES string of the molecule is CC(c1ccc(I)cc1)N1CCOC(CN)C1. The molecule has 2 N–H and O–H groups in total. The third kappa shape index (κ3) is 3.40. The summed E-state index contributed by atoms with van der Waals surface area (Å²) >= 11 is 2.33. The maximum absolute atomic E-state index is 5.67. The fourth-order valence-electron chi connectivity index (χ4n) is 2.19. The predicted octanol–water partition coefficient (Wildman–Crippen LogP) is 2.01. The second-order valence-electron chi connectivity index (χ2n) is 4.45. The third-order valence-corrected chi connectivity index (χ3v) is 4.05. The van der Waals surface area contributed by atoms with Gasteiger partial charge >= 0.3 is 0 Å². The van der Waals surface area contributed by atoms with Gasteiger partial charge in [0.05, 0.1) is 12.7 Å². The minimum absolute atomic E-state index is 0.190. The van der Waals surface area contributed by atoms with Crippen LogP contribution in [0.15, 0.2) is 24.3 Å². The Morgan fingerprint density at radius 2 is 2.18 bits per heavy atom. The molecule has 0 aromatic heterocycles. The average Bonchev–Trinajstić information content (AvgIpc) is 2.39. The average molecular weight is 346 g/mol. The summed E-state index contributed by atoms with van der Waals surface area (Å²) in [4.78, 5) is 2.45. The molecule has 1 aromatic rings. The summed E-state index contributed by atoms with van der Waals surface area (Å²) < 4.78 is 6.87. The lowest BCUT2D eigenvalue weighted by molar-refractivity contribution is -0.0364. The molecular weight excluding hydrogens is 327 g/mol. The summed E-state index contributed by atoms with van der Waals surface area (Å²) in [7, 11) is 0. The largest absolute Gasteiger partial charge is 0.374 e. The summed E-state index contributed by atoms with van der Waals surface area (Å²) in [6, 6.07) is 9.17.